The third kappa shape index (κ3) is 3.58. The van der Waals surface area contributed by atoms with E-state index in [0.717, 1.165) is 16.5 Å². The van der Waals surface area contributed by atoms with E-state index >= 15 is 0 Å². The Kier molecular flexibility index (Phi) is 5.46. The van der Waals surface area contributed by atoms with Gasteiger partial charge >= 0.3 is 0 Å². The van der Waals surface area contributed by atoms with E-state index in [1.807, 2.05) is 32.0 Å². The van der Waals surface area contributed by atoms with Gasteiger partial charge in [-0.15, -0.1) is 0 Å². The van der Waals surface area contributed by atoms with Gasteiger partial charge in [0.05, 0.1) is 6.10 Å². The molecule has 1 rings (SSSR count). The lowest BCUT2D eigenvalue weighted by molar-refractivity contribution is 0.0886. The number of hydrogen-bond acceptors (Lipinski definition) is 2. The highest BCUT2D eigenvalue weighted by Gasteiger charge is 2.16. The number of rotatable bonds is 5. The number of aliphatic hydroxyl groups excluding tert-OH is 1. The van der Waals surface area contributed by atoms with Crippen molar-refractivity contribution in [2.24, 2.45) is 5.92 Å². The first kappa shape index (κ1) is 13.7. The predicted octanol–water partition coefficient (Wildman–Crippen LogP) is 3.46. The van der Waals surface area contributed by atoms with Crippen molar-refractivity contribution in [3.8, 4) is 0 Å². The molecule has 16 heavy (non-hydrogen) atoms. The summed E-state index contributed by atoms with van der Waals surface area (Å²) in [6, 6.07) is 5.99. The molecule has 0 spiro atoms. The Hall–Kier alpha value is -0.380. The number of methoxy groups -OCH3 is 1. The zero-order valence-corrected chi connectivity index (χ0v) is 11.6. The standard InChI is InChI=1S/C13H19BrO2/c1-9-4-5-11(8-12(9)14)13(15)10(2)6-7-16-3/h4-5,8,10,13,15H,6-7H2,1-3H3. The molecule has 0 saturated heterocycles. The highest BCUT2D eigenvalue weighted by Crippen LogP contribution is 2.27. The Bertz CT molecular complexity index is 339. The molecule has 0 saturated carbocycles. The molecule has 1 aromatic rings. The molecule has 0 aliphatic heterocycles. The van der Waals surface area contributed by atoms with E-state index in [1.165, 1.54) is 5.56 Å². The number of ether oxygens (including phenoxy) is 1. The Morgan fingerprint density at radius 2 is 2.12 bits per heavy atom. The van der Waals surface area contributed by atoms with Crippen molar-refractivity contribution in [2.75, 3.05) is 13.7 Å². The predicted molar refractivity (Wildman–Crippen MR) is 69.5 cm³/mol. The molecule has 0 aliphatic carbocycles. The van der Waals surface area contributed by atoms with Crippen molar-refractivity contribution in [1.29, 1.82) is 0 Å². The van der Waals surface area contributed by atoms with Crippen LogP contribution < -0.4 is 0 Å². The highest BCUT2D eigenvalue weighted by molar-refractivity contribution is 9.10. The van der Waals surface area contributed by atoms with Crippen LogP contribution in [0.4, 0.5) is 0 Å². The summed E-state index contributed by atoms with van der Waals surface area (Å²) in [5.41, 5.74) is 2.14. The molecule has 0 heterocycles. The monoisotopic (exact) mass is 286 g/mol. The Morgan fingerprint density at radius 3 is 2.69 bits per heavy atom. The quantitative estimate of drug-likeness (QED) is 0.898. The smallest absolute Gasteiger partial charge is 0.0816 e. The maximum atomic E-state index is 10.2. The Morgan fingerprint density at radius 1 is 1.44 bits per heavy atom. The largest absolute Gasteiger partial charge is 0.388 e. The second kappa shape index (κ2) is 6.38. The van der Waals surface area contributed by atoms with Crippen LogP contribution in [0.25, 0.3) is 0 Å². The summed E-state index contributed by atoms with van der Waals surface area (Å²) >= 11 is 3.48. The summed E-state index contributed by atoms with van der Waals surface area (Å²) in [6.45, 7) is 4.76. The SMILES string of the molecule is COCCC(C)C(O)c1ccc(C)c(Br)c1. The molecule has 0 bridgehead atoms. The van der Waals surface area contributed by atoms with Gasteiger partial charge in [0.25, 0.3) is 0 Å². The molecule has 0 radical (unpaired) electrons. The molecule has 3 heteroatoms. The van der Waals surface area contributed by atoms with Crippen molar-refractivity contribution in [3.05, 3.63) is 33.8 Å². The normalized spacial score (nSPS) is 14.8. The van der Waals surface area contributed by atoms with Crippen LogP contribution in [0.2, 0.25) is 0 Å². The number of benzene rings is 1. The van der Waals surface area contributed by atoms with Gasteiger partial charge in [-0.25, -0.2) is 0 Å². The molecular weight excluding hydrogens is 268 g/mol. The second-order valence-corrected chi connectivity index (χ2v) is 5.07. The average Bonchev–Trinajstić information content (AvgIpc) is 2.28. The summed E-state index contributed by atoms with van der Waals surface area (Å²) in [5.74, 6) is 0.203. The van der Waals surface area contributed by atoms with Crippen molar-refractivity contribution >= 4 is 15.9 Å². The van der Waals surface area contributed by atoms with Crippen LogP contribution in [-0.2, 0) is 4.74 Å². The zero-order chi connectivity index (χ0) is 12.1. The third-order valence-electron chi connectivity index (χ3n) is 2.85. The minimum Gasteiger partial charge on any atom is -0.388 e. The zero-order valence-electron chi connectivity index (χ0n) is 10.0. The van der Waals surface area contributed by atoms with E-state index in [4.69, 9.17) is 4.74 Å². The van der Waals surface area contributed by atoms with Crippen molar-refractivity contribution in [1.82, 2.24) is 0 Å². The Labute approximate surface area is 106 Å². The van der Waals surface area contributed by atoms with Crippen LogP contribution in [0.15, 0.2) is 22.7 Å². The van der Waals surface area contributed by atoms with Crippen molar-refractivity contribution in [3.63, 3.8) is 0 Å². The van der Waals surface area contributed by atoms with Gasteiger partial charge in [-0.05, 0) is 36.5 Å². The van der Waals surface area contributed by atoms with Gasteiger partial charge in [-0.3, -0.25) is 0 Å². The molecule has 1 aromatic carbocycles. The molecule has 2 nitrogen and oxygen atoms in total. The maximum Gasteiger partial charge on any atom is 0.0816 e. The first-order valence-electron chi connectivity index (χ1n) is 5.49. The third-order valence-corrected chi connectivity index (χ3v) is 3.71. The van der Waals surface area contributed by atoms with Gasteiger partial charge in [-0.1, -0.05) is 35.0 Å². The maximum absolute atomic E-state index is 10.2. The fraction of sp³-hybridized carbons (Fsp3) is 0.538. The van der Waals surface area contributed by atoms with Gasteiger partial charge in [0, 0.05) is 18.2 Å². The van der Waals surface area contributed by atoms with E-state index in [0.29, 0.717) is 6.61 Å². The average molecular weight is 287 g/mol. The van der Waals surface area contributed by atoms with Crippen LogP contribution in [0.5, 0.6) is 0 Å². The molecule has 0 aliphatic rings. The van der Waals surface area contributed by atoms with Crippen molar-refractivity contribution in [2.45, 2.75) is 26.4 Å². The fourth-order valence-corrected chi connectivity index (χ4v) is 1.98. The van der Waals surface area contributed by atoms with E-state index in [2.05, 4.69) is 15.9 Å². The van der Waals surface area contributed by atoms with E-state index in [1.54, 1.807) is 7.11 Å². The molecule has 90 valence electrons. The van der Waals surface area contributed by atoms with Gasteiger partial charge in [0.15, 0.2) is 0 Å². The van der Waals surface area contributed by atoms with Crippen LogP contribution >= 0.6 is 15.9 Å². The lowest BCUT2D eigenvalue weighted by atomic mass is 9.94. The molecule has 2 unspecified atom stereocenters. The fourth-order valence-electron chi connectivity index (χ4n) is 1.58. The molecule has 0 amide bonds. The molecule has 1 N–H and O–H groups in total. The van der Waals surface area contributed by atoms with E-state index in [-0.39, 0.29) is 5.92 Å². The first-order chi connectivity index (χ1) is 7.56. The molecule has 2 atom stereocenters. The number of aryl methyl sites for hydroxylation is 1. The van der Waals surface area contributed by atoms with Crippen LogP contribution in [-0.4, -0.2) is 18.8 Å². The summed E-state index contributed by atoms with van der Waals surface area (Å²) in [5, 5.41) is 10.2. The molecular formula is C13H19BrO2. The van der Waals surface area contributed by atoms with Crippen molar-refractivity contribution < 1.29 is 9.84 Å². The van der Waals surface area contributed by atoms with Crippen LogP contribution in [0.1, 0.15) is 30.6 Å². The summed E-state index contributed by atoms with van der Waals surface area (Å²) in [6.07, 6.45) is 0.440. The summed E-state index contributed by atoms with van der Waals surface area (Å²) in [7, 11) is 1.68. The van der Waals surface area contributed by atoms with Gasteiger partial charge in [0.2, 0.25) is 0 Å². The highest BCUT2D eigenvalue weighted by atomic mass is 79.9. The Balaban J connectivity index is 2.71. The second-order valence-electron chi connectivity index (χ2n) is 4.21. The minimum atomic E-state index is -0.424. The lowest BCUT2D eigenvalue weighted by Crippen LogP contribution is -2.11. The van der Waals surface area contributed by atoms with Crippen LogP contribution in [0, 0.1) is 12.8 Å². The number of hydrogen-bond donors (Lipinski definition) is 1. The summed E-state index contributed by atoms with van der Waals surface area (Å²) in [4.78, 5) is 0. The van der Waals surface area contributed by atoms with Gasteiger partial charge < -0.3 is 9.84 Å². The minimum absolute atomic E-state index is 0.203. The van der Waals surface area contributed by atoms with Crippen LogP contribution in [0.3, 0.4) is 0 Å². The topological polar surface area (TPSA) is 29.5 Å². The van der Waals surface area contributed by atoms with Gasteiger partial charge in [0.1, 0.15) is 0 Å². The number of halogens is 1. The molecule has 0 aromatic heterocycles. The summed E-state index contributed by atoms with van der Waals surface area (Å²) < 4.78 is 6.07. The van der Waals surface area contributed by atoms with E-state index < -0.39 is 6.10 Å². The molecule has 0 fully saturated rings. The first-order valence-corrected chi connectivity index (χ1v) is 6.28. The number of aliphatic hydroxyl groups is 1. The van der Waals surface area contributed by atoms with E-state index in [9.17, 15) is 5.11 Å². The van der Waals surface area contributed by atoms with Gasteiger partial charge in [-0.2, -0.15) is 0 Å². The lowest BCUT2D eigenvalue weighted by Gasteiger charge is -2.19.